The van der Waals surface area contributed by atoms with E-state index in [0.717, 1.165) is 11.4 Å². The van der Waals surface area contributed by atoms with Crippen LogP contribution in [-0.2, 0) is 10.0 Å². The predicted molar refractivity (Wildman–Crippen MR) is 109 cm³/mol. The van der Waals surface area contributed by atoms with E-state index >= 15 is 0 Å². The average Bonchev–Trinajstić information content (AvgIpc) is 2.70. The number of nitrogens with zero attached hydrogens (tertiary/aromatic N) is 1. The van der Waals surface area contributed by atoms with Gasteiger partial charge in [-0.05, 0) is 43.3 Å². The van der Waals surface area contributed by atoms with Gasteiger partial charge in [-0.25, -0.2) is 13.4 Å². The number of aryl methyl sites for hydroxylation is 1. The molecule has 7 nitrogen and oxygen atoms in total. The lowest BCUT2D eigenvalue weighted by Gasteiger charge is -2.13. The van der Waals surface area contributed by atoms with Crippen LogP contribution in [0.25, 0.3) is 0 Å². The van der Waals surface area contributed by atoms with Crippen molar-refractivity contribution < 1.29 is 17.9 Å². The second-order valence-corrected chi connectivity index (χ2v) is 7.70. The van der Waals surface area contributed by atoms with Gasteiger partial charge in [-0.3, -0.25) is 4.72 Å². The lowest BCUT2D eigenvalue weighted by Crippen LogP contribution is -2.15. The number of pyridine rings is 1. The maximum absolute atomic E-state index is 12.8. The summed E-state index contributed by atoms with van der Waals surface area (Å²) in [4.78, 5) is 4.15. The summed E-state index contributed by atoms with van der Waals surface area (Å²) >= 11 is 0. The highest BCUT2D eigenvalue weighted by molar-refractivity contribution is 7.92. The quantitative estimate of drug-likeness (QED) is 0.625. The molecule has 1 aromatic heterocycles. The zero-order valence-corrected chi connectivity index (χ0v) is 16.6. The van der Waals surface area contributed by atoms with Gasteiger partial charge in [0.1, 0.15) is 22.2 Å². The third-order valence-corrected chi connectivity index (χ3v) is 5.38. The number of rotatable bonds is 7. The smallest absolute Gasteiger partial charge is 0.266 e. The monoisotopic (exact) mass is 399 g/mol. The molecule has 0 fully saturated rings. The molecule has 0 radical (unpaired) electrons. The van der Waals surface area contributed by atoms with Crippen molar-refractivity contribution >= 4 is 27.2 Å². The van der Waals surface area contributed by atoms with Crippen LogP contribution in [0, 0.1) is 6.92 Å². The normalized spacial score (nSPS) is 11.0. The third-order valence-electron chi connectivity index (χ3n) is 4.00. The van der Waals surface area contributed by atoms with Crippen LogP contribution in [0.4, 0.5) is 17.2 Å². The number of nitrogens with one attached hydrogen (secondary N) is 2. The molecule has 3 aromatic rings. The van der Waals surface area contributed by atoms with Crippen LogP contribution in [0.5, 0.6) is 11.5 Å². The number of sulfonamides is 1. The molecule has 0 atom stereocenters. The Hall–Kier alpha value is -3.26. The van der Waals surface area contributed by atoms with Crippen molar-refractivity contribution in [1.82, 2.24) is 4.98 Å². The van der Waals surface area contributed by atoms with Crippen molar-refractivity contribution in [2.45, 2.75) is 11.8 Å². The van der Waals surface area contributed by atoms with Gasteiger partial charge in [0.25, 0.3) is 10.0 Å². The van der Waals surface area contributed by atoms with Crippen molar-refractivity contribution in [2.24, 2.45) is 0 Å². The highest BCUT2D eigenvalue weighted by Gasteiger charge is 2.21. The van der Waals surface area contributed by atoms with Crippen molar-refractivity contribution in [3.63, 3.8) is 0 Å². The Morgan fingerprint density at radius 1 is 0.893 bits per heavy atom. The molecular formula is C20H21N3O4S. The molecular weight excluding hydrogens is 378 g/mol. The van der Waals surface area contributed by atoms with Crippen LogP contribution in [0.3, 0.4) is 0 Å². The molecule has 8 heteroatoms. The van der Waals surface area contributed by atoms with E-state index in [-0.39, 0.29) is 16.5 Å². The first-order valence-corrected chi connectivity index (χ1v) is 9.94. The first kappa shape index (κ1) is 19.5. The molecule has 0 aliphatic rings. The molecule has 0 unspecified atom stereocenters. The average molecular weight is 399 g/mol. The number of methoxy groups -OCH3 is 2. The SMILES string of the molecule is COc1ccc(OC)c(S(=O)(=O)Nc2ccc(Nc3ccc(C)cc3)cn2)c1. The van der Waals surface area contributed by atoms with Crippen LogP contribution in [0.15, 0.2) is 65.7 Å². The summed E-state index contributed by atoms with van der Waals surface area (Å²) < 4.78 is 38.2. The van der Waals surface area contributed by atoms with Crippen molar-refractivity contribution in [3.8, 4) is 11.5 Å². The summed E-state index contributed by atoms with van der Waals surface area (Å²) in [6.45, 7) is 2.02. The van der Waals surface area contributed by atoms with E-state index in [0.29, 0.717) is 5.75 Å². The van der Waals surface area contributed by atoms with E-state index < -0.39 is 10.0 Å². The molecule has 0 aliphatic heterocycles. The molecule has 0 aliphatic carbocycles. The van der Waals surface area contributed by atoms with Crippen LogP contribution in [0.1, 0.15) is 5.56 Å². The maximum atomic E-state index is 12.8. The summed E-state index contributed by atoms with van der Waals surface area (Å²) in [6, 6.07) is 15.8. The first-order valence-electron chi connectivity index (χ1n) is 8.46. The fraction of sp³-hybridized carbons (Fsp3) is 0.150. The van der Waals surface area contributed by atoms with Gasteiger partial charge in [-0.2, -0.15) is 0 Å². The number of aromatic nitrogens is 1. The second-order valence-electron chi connectivity index (χ2n) is 6.05. The summed E-state index contributed by atoms with van der Waals surface area (Å²) in [6.07, 6.45) is 1.56. The molecule has 0 saturated heterocycles. The van der Waals surface area contributed by atoms with Crippen LogP contribution < -0.4 is 19.5 Å². The van der Waals surface area contributed by atoms with E-state index in [9.17, 15) is 8.42 Å². The van der Waals surface area contributed by atoms with E-state index in [1.54, 1.807) is 24.4 Å². The molecule has 1 heterocycles. The van der Waals surface area contributed by atoms with Gasteiger partial charge < -0.3 is 14.8 Å². The number of hydrogen-bond donors (Lipinski definition) is 2. The number of ether oxygens (including phenoxy) is 2. The highest BCUT2D eigenvalue weighted by atomic mass is 32.2. The summed E-state index contributed by atoms with van der Waals surface area (Å²) in [7, 11) is -1.03. The van der Waals surface area contributed by atoms with Crippen molar-refractivity contribution in [3.05, 3.63) is 66.4 Å². The van der Waals surface area contributed by atoms with E-state index in [1.807, 2.05) is 31.2 Å². The maximum Gasteiger partial charge on any atom is 0.266 e. The zero-order chi connectivity index (χ0) is 20.1. The van der Waals surface area contributed by atoms with E-state index in [4.69, 9.17) is 9.47 Å². The summed E-state index contributed by atoms with van der Waals surface area (Å²) in [5.74, 6) is 0.817. The minimum Gasteiger partial charge on any atom is -0.497 e. The summed E-state index contributed by atoms with van der Waals surface area (Å²) in [5.41, 5.74) is 2.83. The lowest BCUT2D eigenvalue weighted by atomic mass is 10.2. The standard InChI is InChI=1S/C20H21N3O4S/c1-14-4-6-15(7-5-14)22-16-8-11-20(21-13-16)23-28(24,25)19-12-17(26-2)9-10-18(19)27-3/h4-13,22H,1-3H3,(H,21,23). The fourth-order valence-electron chi connectivity index (χ4n) is 2.52. The molecule has 0 spiro atoms. The Kier molecular flexibility index (Phi) is 5.70. The lowest BCUT2D eigenvalue weighted by molar-refractivity contribution is 0.392. The second kappa shape index (κ2) is 8.18. The molecule has 0 bridgehead atoms. The summed E-state index contributed by atoms with van der Waals surface area (Å²) in [5, 5.41) is 3.21. The van der Waals surface area contributed by atoms with E-state index in [2.05, 4.69) is 15.0 Å². The van der Waals surface area contributed by atoms with Gasteiger partial charge in [-0.15, -0.1) is 0 Å². The van der Waals surface area contributed by atoms with Crippen LogP contribution in [-0.4, -0.2) is 27.6 Å². The van der Waals surface area contributed by atoms with Crippen molar-refractivity contribution in [2.75, 3.05) is 24.3 Å². The van der Waals surface area contributed by atoms with Gasteiger partial charge >= 0.3 is 0 Å². The Morgan fingerprint density at radius 2 is 1.61 bits per heavy atom. The number of anilines is 3. The van der Waals surface area contributed by atoms with E-state index in [1.165, 1.54) is 31.9 Å². The molecule has 2 aromatic carbocycles. The number of benzene rings is 2. The molecule has 0 amide bonds. The minimum atomic E-state index is -3.90. The molecule has 146 valence electrons. The predicted octanol–water partition coefficient (Wildman–Crippen LogP) is 3.95. The number of hydrogen-bond acceptors (Lipinski definition) is 6. The van der Waals surface area contributed by atoms with Gasteiger partial charge in [0.05, 0.1) is 26.1 Å². The molecule has 3 rings (SSSR count). The Balaban J connectivity index is 1.78. The van der Waals surface area contributed by atoms with Crippen LogP contribution in [0.2, 0.25) is 0 Å². The Labute approximate surface area is 164 Å². The molecule has 2 N–H and O–H groups in total. The minimum absolute atomic E-state index is 0.0296. The van der Waals surface area contributed by atoms with Gasteiger partial charge in [0.15, 0.2) is 0 Å². The van der Waals surface area contributed by atoms with Crippen LogP contribution >= 0.6 is 0 Å². The zero-order valence-electron chi connectivity index (χ0n) is 15.8. The fourth-order valence-corrected chi connectivity index (χ4v) is 3.71. The topological polar surface area (TPSA) is 89.5 Å². The largest absolute Gasteiger partial charge is 0.497 e. The third kappa shape index (κ3) is 4.52. The van der Waals surface area contributed by atoms with Gasteiger partial charge in [-0.1, -0.05) is 17.7 Å². The highest BCUT2D eigenvalue weighted by Crippen LogP contribution is 2.29. The van der Waals surface area contributed by atoms with Gasteiger partial charge in [0.2, 0.25) is 0 Å². The molecule has 28 heavy (non-hydrogen) atoms. The van der Waals surface area contributed by atoms with Crippen molar-refractivity contribution in [1.29, 1.82) is 0 Å². The first-order chi connectivity index (χ1) is 13.4. The molecule has 0 saturated carbocycles. The Bertz CT molecular complexity index is 1050. The van der Waals surface area contributed by atoms with Gasteiger partial charge in [0, 0.05) is 11.8 Å². The Morgan fingerprint density at radius 3 is 2.21 bits per heavy atom.